The third kappa shape index (κ3) is 3.73. The van der Waals surface area contributed by atoms with Crippen LogP contribution in [0, 0.1) is 5.41 Å². The highest BCUT2D eigenvalue weighted by Gasteiger charge is 2.29. The van der Waals surface area contributed by atoms with E-state index in [1.807, 2.05) is 0 Å². The van der Waals surface area contributed by atoms with Gasteiger partial charge in [-0.25, -0.2) is 0 Å². The lowest BCUT2D eigenvalue weighted by Gasteiger charge is -2.38. The van der Waals surface area contributed by atoms with Crippen molar-refractivity contribution < 1.29 is 0 Å². The van der Waals surface area contributed by atoms with Crippen LogP contribution in [0.25, 0.3) is 0 Å². The van der Waals surface area contributed by atoms with Crippen LogP contribution in [0.15, 0.2) is 27.6 Å². The molecular weight excluding hydrogens is 332 g/mol. The Hall–Kier alpha value is -0.160. The molecule has 1 aliphatic rings. The smallest absolute Gasteiger partial charge is 0.0702 e. The quantitative estimate of drug-likeness (QED) is 0.803. The number of hydrogen-bond donors (Lipinski definition) is 1. The van der Waals surface area contributed by atoms with E-state index < -0.39 is 0 Å². The van der Waals surface area contributed by atoms with Crippen LogP contribution in [-0.4, -0.2) is 24.0 Å². The Morgan fingerprint density at radius 3 is 2.45 bits per heavy atom. The Morgan fingerprint density at radius 1 is 1.35 bits per heavy atom. The lowest BCUT2D eigenvalue weighted by molar-refractivity contribution is 0.187. The maximum Gasteiger partial charge on any atom is 0.0702 e. The molecule has 2 N–H and O–H groups in total. The van der Waals surface area contributed by atoms with E-state index in [1.165, 1.54) is 8.66 Å². The topological polar surface area (TPSA) is 29.3 Å². The molecule has 2 atom stereocenters. The molecule has 2 unspecified atom stereocenters. The maximum atomic E-state index is 6.26. The summed E-state index contributed by atoms with van der Waals surface area (Å²) >= 11 is 5.35. The van der Waals surface area contributed by atoms with Crippen molar-refractivity contribution in [3.8, 4) is 0 Å². The molecule has 4 heteroatoms. The predicted molar refractivity (Wildman–Crippen MR) is 92.1 cm³/mol. The fourth-order valence-corrected chi connectivity index (χ4v) is 4.55. The molecule has 0 fully saturated rings. The van der Waals surface area contributed by atoms with Crippen molar-refractivity contribution >= 4 is 27.3 Å². The van der Waals surface area contributed by atoms with Crippen LogP contribution in [0.3, 0.4) is 0 Å². The highest BCUT2D eigenvalue weighted by atomic mass is 79.9. The molecule has 0 bridgehead atoms. The Morgan fingerprint density at radius 2 is 2.05 bits per heavy atom. The minimum absolute atomic E-state index is 0.144. The lowest BCUT2D eigenvalue weighted by Crippen LogP contribution is -2.42. The summed E-state index contributed by atoms with van der Waals surface area (Å²) in [7, 11) is 0. The van der Waals surface area contributed by atoms with E-state index in [9.17, 15) is 0 Å². The fourth-order valence-electron chi connectivity index (χ4n) is 2.88. The summed E-state index contributed by atoms with van der Waals surface area (Å²) < 4.78 is 1.18. The van der Waals surface area contributed by atoms with Gasteiger partial charge in [-0.05, 0) is 46.8 Å². The molecule has 0 aliphatic carbocycles. The highest BCUT2D eigenvalue weighted by molar-refractivity contribution is 9.11. The van der Waals surface area contributed by atoms with E-state index in [1.54, 1.807) is 16.9 Å². The van der Waals surface area contributed by atoms with E-state index in [0.717, 1.165) is 19.5 Å². The predicted octanol–water partition coefficient (Wildman–Crippen LogP) is 4.58. The third-order valence-electron chi connectivity index (χ3n) is 3.98. The van der Waals surface area contributed by atoms with E-state index in [-0.39, 0.29) is 6.04 Å². The molecule has 2 heterocycles. The van der Waals surface area contributed by atoms with Gasteiger partial charge in [0.05, 0.1) is 9.83 Å². The van der Waals surface area contributed by atoms with Crippen LogP contribution in [0.5, 0.6) is 0 Å². The van der Waals surface area contributed by atoms with Crippen molar-refractivity contribution in [2.45, 2.75) is 46.2 Å². The molecule has 1 aromatic heterocycles. The second kappa shape index (κ2) is 6.30. The summed E-state index contributed by atoms with van der Waals surface area (Å²) in [5.41, 5.74) is 8.13. The zero-order chi connectivity index (χ0) is 14.9. The van der Waals surface area contributed by atoms with Crippen molar-refractivity contribution in [2.75, 3.05) is 13.1 Å². The van der Waals surface area contributed by atoms with Gasteiger partial charge < -0.3 is 5.73 Å². The molecule has 1 aromatic rings. The second-order valence-electron chi connectivity index (χ2n) is 6.67. The molecule has 0 spiro atoms. The van der Waals surface area contributed by atoms with E-state index in [2.05, 4.69) is 66.7 Å². The zero-order valence-corrected chi connectivity index (χ0v) is 15.2. The Labute approximate surface area is 135 Å². The van der Waals surface area contributed by atoms with Crippen molar-refractivity contribution in [3.05, 3.63) is 32.4 Å². The molecule has 0 saturated carbocycles. The summed E-state index contributed by atoms with van der Waals surface area (Å²) in [6.45, 7) is 11.1. The first kappa shape index (κ1) is 16.2. The summed E-state index contributed by atoms with van der Waals surface area (Å²) in [6, 6.07) is 4.79. The SMILES string of the molecule is CC(N)C(c1ccc(Br)s1)N1CC=C(C(C)(C)C)CC1. The standard InChI is InChI=1S/C16H25BrN2S/c1-11(18)15(13-5-6-14(17)20-13)19-9-7-12(8-10-19)16(2,3)4/h5-7,11,15H,8-10,18H2,1-4H3. The average molecular weight is 357 g/mol. The summed E-state index contributed by atoms with van der Waals surface area (Å²) in [4.78, 5) is 3.87. The summed E-state index contributed by atoms with van der Waals surface area (Å²) in [6.07, 6.45) is 3.56. The minimum atomic E-state index is 0.144. The van der Waals surface area contributed by atoms with Crippen LogP contribution in [-0.2, 0) is 0 Å². The molecule has 0 radical (unpaired) electrons. The third-order valence-corrected chi connectivity index (χ3v) is 5.68. The van der Waals surface area contributed by atoms with Gasteiger partial charge >= 0.3 is 0 Å². The monoisotopic (exact) mass is 356 g/mol. The molecule has 2 rings (SSSR count). The normalized spacial score (nSPS) is 20.6. The first-order valence-electron chi connectivity index (χ1n) is 7.23. The number of nitrogens with two attached hydrogens (primary N) is 1. The molecule has 2 nitrogen and oxygen atoms in total. The molecule has 1 aliphatic heterocycles. The van der Waals surface area contributed by atoms with E-state index in [4.69, 9.17) is 5.73 Å². The number of nitrogens with zero attached hydrogens (tertiary/aromatic N) is 1. The van der Waals surface area contributed by atoms with Gasteiger partial charge in [-0.3, -0.25) is 4.90 Å². The van der Waals surface area contributed by atoms with E-state index >= 15 is 0 Å². The Kier molecular flexibility index (Phi) is 5.11. The van der Waals surface area contributed by atoms with Gasteiger partial charge in [0.1, 0.15) is 0 Å². The van der Waals surface area contributed by atoms with Crippen LogP contribution >= 0.6 is 27.3 Å². The molecule has 0 aromatic carbocycles. The Balaban J connectivity index is 2.16. The number of halogens is 1. The largest absolute Gasteiger partial charge is 0.326 e. The van der Waals surface area contributed by atoms with Gasteiger partial charge in [-0.15, -0.1) is 11.3 Å². The minimum Gasteiger partial charge on any atom is -0.326 e. The number of thiophene rings is 1. The summed E-state index contributed by atoms with van der Waals surface area (Å²) in [5, 5.41) is 0. The lowest BCUT2D eigenvalue weighted by atomic mass is 9.82. The fraction of sp³-hybridized carbons (Fsp3) is 0.625. The Bertz CT molecular complexity index is 485. The average Bonchev–Trinajstić information content (AvgIpc) is 2.75. The van der Waals surface area contributed by atoms with E-state index in [0.29, 0.717) is 11.5 Å². The van der Waals surface area contributed by atoms with Crippen molar-refractivity contribution in [3.63, 3.8) is 0 Å². The molecule has 20 heavy (non-hydrogen) atoms. The van der Waals surface area contributed by atoms with Crippen LogP contribution in [0.4, 0.5) is 0 Å². The zero-order valence-electron chi connectivity index (χ0n) is 12.8. The highest BCUT2D eigenvalue weighted by Crippen LogP contribution is 2.36. The molecule has 112 valence electrons. The van der Waals surface area contributed by atoms with Crippen LogP contribution in [0.1, 0.15) is 45.0 Å². The van der Waals surface area contributed by atoms with Crippen molar-refractivity contribution in [1.29, 1.82) is 0 Å². The second-order valence-corrected chi connectivity index (χ2v) is 9.16. The van der Waals surface area contributed by atoms with Gasteiger partial charge in [-0.2, -0.15) is 0 Å². The van der Waals surface area contributed by atoms with Crippen molar-refractivity contribution in [1.82, 2.24) is 4.90 Å². The van der Waals surface area contributed by atoms with Crippen molar-refractivity contribution in [2.24, 2.45) is 11.1 Å². The van der Waals surface area contributed by atoms with Gasteiger partial charge in [-0.1, -0.05) is 32.4 Å². The van der Waals surface area contributed by atoms with Crippen LogP contribution < -0.4 is 5.73 Å². The molecule has 0 saturated heterocycles. The number of hydrogen-bond acceptors (Lipinski definition) is 3. The first-order chi connectivity index (χ1) is 9.29. The molecular formula is C16H25BrN2S. The van der Waals surface area contributed by atoms with Gasteiger partial charge in [0, 0.05) is 24.0 Å². The number of rotatable bonds is 3. The van der Waals surface area contributed by atoms with Crippen LogP contribution in [0.2, 0.25) is 0 Å². The molecule has 0 amide bonds. The van der Waals surface area contributed by atoms with Gasteiger partial charge in [0.25, 0.3) is 0 Å². The first-order valence-corrected chi connectivity index (χ1v) is 8.84. The summed E-state index contributed by atoms with van der Waals surface area (Å²) in [5.74, 6) is 0. The van der Waals surface area contributed by atoms with Gasteiger partial charge in [0.2, 0.25) is 0 Å². The van der Waals surface area contributed by atoms with Gasteiger partial charge in [0.15, 0.2) is 0 Å². The maximum absolute atomic E-state index is 6.26.